The quantitative estimate of drug-likeness (QED) is 0.884. The molecule has 1 aliphatic rings. The van der Waals surface area contributed by atoms with Crippen LogP contribution in [0, 0.1) is 11.6 Å². The van der Waals surface area contributed by atoms with Crippen molar-refractivity contribution in [3.8, 4) is 0 Å². The van der Waals surface area contributed by atoms with Crippen molar-refractivity contribution >= 4 is 10.0 Å². The van der Waals surface area contributed by atoms with Crippen molar-refractivity contribution in [2.75, 3.05) is 6.54 Å². The number of hydrogen-bond donors (Lipinski definition) is 2. The van der Waals surface area contributed by atoms with Gasteiger partial charge in [-0.15, -0.1) is 0 Å². The molecule has 0 saturated carbocycles. The maximum absolute atomic E-state index is 13.1. The molecule has 0 amide bonds. The van der Waals surface area contributed by atoms with Gasteiger partial charge in [0.2, 0.25) is 10.0 Å². The number of halogens is 2. The molecule has 1 saturated heterocycles. The topological polar surface area (TPSA) is 58.2 Å². The first-order chi connectivity index (χ1) is 8.90. The minimum atomic E-state index is -3.83. The molecular weight excluding hydrogens is 274 g/mol. The lowest BCUT2D eigenvalue weighted by molar-refractivity contribution is 0.348. The first kappa shape index (κ1) is 14.4. The molecule has 2 atom stereocenters. The van der Waals surface area contributed by atoms with Crippen LogP contribution in [0.5, 0.6) is 0 Å². The van der Waals surface area contributed by atoms with Gasteiger partial charge in [-0.1, -0.05) is 0 Å². The van der Waals surface area contributed by atoms with E-state index in [1.165, 1.54) is 0 Å². The Morgan fingerprint density at radius 3 is 2.68 bits per heavy atom. The molecule has 1 aromatic rings. The molecule has 1 aromatic carbocycles. The average Bonchev–Trinajstić information content (AvgIpc) is 2.35. The van der Waals surface area contributed by atoms with Crippen molar-refractivity contribution in [1.82, 2.24) is 10.0 Å². The van der Waals surface area contributed by atoms with Gasteiger partial charge < -0.3 is 5.32 Å². The molecule has 0 aromatic heterocycles. The first-order valence-corrected chi connectivity index (χ1v) is 7.59. The van der Waals surface area contributed by atoms with Gasteiger partial charge in [-0.3, -0.25) is 0 Å². The third-order valence-corrected chi connectivity index (χ3v) is 4.76. The highest BCUT2D eigenvalue weighted by Crippen LogP contribution is 2.16. The van der Waals surface area contributed by atoms with Gasteiger partial charge in [-0.2, -0.15) is 0 Å². The van der Waals surface area contributed by atoms with Crippen molar-refractivity contribution in [2.45, 2.75) is 36.7 Å². The van der Waals surface area contributed by atoms with Gasteiger partial charge in [0.25, 0.3) is 0 Å². The van der Waals surface area contributed by atoms with E-state index in [0.29, 0.717) is 6.07 Å². The standard InChI is InChI=1S/C12H16F2N2O2S/c1-8-12(3-2-6-15-8)16-19(17,18)9-4-5-10(13)11(14)7-9/h4-5,7-8,12,15-16H,2-3,6H2,1H3/t8-,12-/m0/s1. The third kappa shape index (κ3) is 3.29. The Hall–Kier alpha value is -1.05. The zero-order valence-electron chi connectivity index (χ0n) is 10.5. The van der Waals surface area contributed by atoms with Crippen LogP contribution in [0.3, 0.4) is 0 Å². The van der Waals surface area contributed by atoms with Crippen LogP contribution < -0.4 is 10.0 Å². The molecule has 19 heavy (non-hydrogen) atoms. The summed E-state index contributed by atoms with van der Waals surface area (Å²) in [6, 6.07) is 2.33. The highest BCUT2D eigenvalue weighted by molar-refractivity contribution is 7.89. The molecule has 0 unspecified atom stereocenters. The highest BCUT2D eigenvalue weighted by Gasteiger charge is 2.26. The van der Waals surface area contributed by atoms with Crippen LogP contribution in [0.2, 0.25) is 0 Å². The summed E-state index contributed by atoms with van der Waals surface area (Å²) in [6.07, 6.45) is 1.59. The van der Waals surface area contributed by atoms with E-state index >= 15 is 0 Å². The normalized spacial score (nSPS) is 24.4. The van der Waals surface area contributed by atoms with Gasteiger partial charge in [0.1, 0.15) is 0 Å². The Morgan fingerprint density at radius 1 is 1.32 bits per heavy atom. The van der Waals surface area contributed by atoms with Crippen molar-refractivity contribution in [3.63, 3.8) is 0 Å². The van der Waals surface area contributed by atoms with Crippen molar-refractivity contribution in [2.24, 2.45) is 0 Å². The van der Waals surface area contributed by atoms with E-state index in [9.17, 15) is 17.2 Å². The minimum absolute atomic E-state index is 0.00817. The van der Waals surface area contributed by atoms with E-state index in [1.54, 1.807) is 0 Å². The van der Waals surface area contributed by atoms with Crippen LogP contribution in [0.1, 0.15) is 19.8 Å². The summed E-state index contributed by atoms with van der Waals surface area (Å²) < 4.78 is 52.6. The van der Waals surface area contributed by atoms with Gasteiger partial charge in [0, 0.05) is 12.1 Å². The van der Waals surface area contributed by atoms with Crippen molar-refractivity contribution in [1.29, 1.82) is 0 Å². The molecule has 2 N–H and O–H groups in total. The fourth-order valence-corrected chi connectivity index (χ4v) is 3.48. The summed E-state index contributed by atoms with van der Waals surface area (Å²) >= 11 is 0. The van der Waals surface area contributed by atoms with Crippen molar-refractivity contribution < 1.29 is 17.2 Å². The summed E-state index contributed by atoms with van der Waals surface area (Å²) in [5.74, 6) is -2.23. The second-order valence-electron chi connectivity index (χ2n) is 4.69. The Labute approximate surface area is 111 Å². The molecule has 106 valence electrons. The van der Waals surface area contributed by atoms with E-state index in [2.05, 4.69) is 10.0 Å². The Bertz CT molecular complexity index is 563. The third-order valence-electron chi connectivity index (χ3n) is 3.27. The monoisotopic (exact) mass is 290 g/mol. The Kier molecular flexibility index (Phi) is 4.17. The maximum Gasteiger partial charge on any atom is 0.240 e. The smallest absolute Gasteiger partial charge is 0.240 e. The maximum atomic E-state index is 13.1. The molecule has 1 aliphatic heterocycles. The lowest BCUT2D eigenvalue weighted by Gasteiger charge is -2.30. The number of hydrogen-bond acceptors (Lipinski definition) is 3. The molecule has 0 bridgehead atoms. The highest BCUT2D eigenvalue weighted by atomic mass is 32.2. The molecule has 1 heterocycles. The lowest BCUT2D eigenvalue weighted by Crippen LogP contribution is -2.51. The van der Waals surface area contributed by atoms with Gasteiger partial charge in [0.05, 0.1) is 4.90 Å². The molecule has 1 fully saturated rings. The predicted octanol–water partition coefficient (Wildman–Crippen LogP) is 1.38. The molecule has 4 nitrogen and oxygen atoms in total. The fourth-order valence-electron chi connectivity index (χ4n) is 2.12. The molecule has 7 heteroatoms. The zero-order chi connectivity index (χ0) is 14.0. The second-order valence-corrected chi connectivity index (χ2v) is 6.40. The van der Waals surface area contributed by atoms with Crippen LogP contribution >= 0.6 is 0 Å². The van der Waals surface area contributed by atoms with Gasteiger partial charge in [-0.25, -0.2) is 21.9 Å². The Morgan fingerprint density at radius 2 is 2.05 bits per heavy atom. The zero-order valence-corrected chi connectivity index (χ0v) is 11.3. The van der Waals surface area contributed by atoms with Crippen LogP contribution in [0.15, 0.2) is 23.1 Å². The average molecular weight is 290 g/mol. The number of rotatable bonds is 3. The molecule has 2 rings (SSSR count). The van der Waals surface area contributed by atoms with Gasteiger partial charge in [-0.05, 0) is 44.5 Å². The lowest BCUT2D eigenvalue weighted by atomic mass is 10.0. The number of benzene rings is 1. The van der Waals surface area contributed by atoms with Gasteiger partial charge >= 0.3 is 0 Å². The minimum Gasteiger partial charge on any atom is -0.313 e. The van der Waals surface area contributed by atoms with E-state index in [-0.39, 0.29) is 17.0 Å². The largest absolute Gasteiger partial charge is 0.313 e. The van der Waals surface area contributed by atoms with Crippen LogP contribution in [0.4, 0.5) is 8.78 Å². The van der Waals surface area contributed by atoms with Crippen LogP contribution in [-0.4, -0.2) is 27.0 Å². The molecule has 0 spiro atoms. The SMILES string of the molecule is C[C@@H]1NCCC[C@@H]1NS(=O)(=O)c1ccc(F)c(F)c1. The summed E-state index contributed by atoms with van der Waals surface area (Å²) in [4.78, 5) is -0.260. The molecular formula is C12H16F2N2O2S. The summed E-state index contributed by atoms with van der Waals surface area (Å²) in [7, 11) is -3.83. The molecule has 0 radical (unpaired) electrons. The summed E-state index contributed by atoms with van der Waals surface area (Å²) in [6.45, 7) is 2.74. The van der Waals surface area contributed by atoms with E-state index in [1.807, 2.05) is 6.92 Å². The van der Waals surface area contributed by atoms with E-state index < -0.39 is 21.7 Å². The number of sulfonamides is 1. The number of nitrogens with one attached hydrogen (secondary N) is 2. The van der Waals surface area contributed by atoms with E-state index in [4.69, 9.17) is 0 Å². The first-order valence-electron chi connectivity index (χ1n) is 6.11. The van der Waals surface area contributed by atoms with Crippen molar-refractivity contribution in [3.05, 3.63) is 29.8 Å². The van der Waals surface area contributed by atoms with Crippen LogP contribution in [-0.2, 0) is 10.0 Å². The van der Waals surface area contributed by atoms with Gasteiger partial charge in [0.15, 0.2) is 11.6 Å². The van der Waals surface area contributed by atoms with E-state index in [0.717, 1.165) is 31.5 Å². The van der Waals surface area contributed by atoms with Crippen LogP contribution in [0.25, 0.3) is 0 Å². The fraction of sp³-hybridized carbons (Fsp3) is 0.500. The Balaban J connectivity index is 2.19. The predicted molar refractivity (Wildman–Crippen MR) is 67.2 cm³/mol. The summed E-state index contributed by atoms with van der Waals surface area (Å²) in [5.41, 5.74) is 0. The number of piperidine rings is 1. The molecule has 0 aliphatic carbocycles. The summed E-state index contributed by atoms with van der Waals surface area (Å²) in [5, 5.41) is 3.17. The second kappa shape index (κ2) is 5.52.